The van der Waals surface area contributed by atoms with Crippen LogP contribution >= 0.6 is 0 Å². The van der Waals surface area contributed by atoms with Gasteiger partial charge in [-0.3, -0.25) is 9.59 Å². The van der Waals surface area contributed by atoms with Crippen LogP contribution in [0.4, 0.5) is 0 Å². The van der Waals surface area contributed by atoms with Crippen molar-refractivity contribution in [3.8, 4) is 0 Å². The molecule has 54 heavy (non-hydrogen) atoms. The molecule has 0 rings (SSSR count). The molecule has 0 radical (unpaired) electrons. The Bertz CT molecular complexity index is 984. The van der Waals surface area contributed by atoms with Gasteiger partial charge in [0, 0.05) is 6.42 Å². The molecule has 0 spiro atoms. The second-order valence-corrected chi connectivity index (χ2v) is 15.1. The van der Waals surface area contributed by atoms with E-state index >= 15 is 0 Å². The topological polar surface area (TPSA) is 95.9 Å². The van der Waals surface area contributed by atoms with Gasteiger partial charge in [0.05, 0.1) is 25.2 Å². The number of carbonyl (C=O) groups excluding carboxylic acids is 2. The summed E-state index contributed by atoms with van der Waals surface area (Å²) < 4.78 is 5.83. The molecular formula is C48H85NO5. The lowest BCUT2D eigenvalue weighted by Gasteiger charge is -2.24. The number of allylic oxidation sites excluding steroid dienone is 10. The highest BCUT2D eigenvalue weighted by molar-refractivity contribution is 5.77. The van der Waals surface area contributed by atoms with Crippen molar-refractivity contribution in [1.82, 2.24) is 5.32 Å². The minimum Gasteiger partial charge on any atom is -0.462 e. The molecule has 3 N–H and O–H groups in total. The number of nitrogens with one attached hydrogen (secondary N) is 1. The Balaban J connectivity index is 4.56. The lowest BCUT2D eigenvalue weighted by atomic mass is 10.0. The highest BCUT2D eigenvalue weighted by atomic mass is 16.5. The van der Waals surface area contributed by atoms with Gasteiger partial charge in [-0.25, -0.2) is 0 Å². The van der Waals surface area contributed by atoms with Crippen LogP contribution in [0.3, 0.4) is 0 Å². The number of hydrogen-bond donors (Lipinski definition) is 3. The molecule has 0 saturated carbocycles. The van der Waals surface area contributed by atoms with Crippen molar-refractivity contribution >= 4 is 11.9 Å². The van der Waals surface area contributed by atoms with Crippen LogP contribution < -0.4 is 5.32 Å². The molecular weight excluding hydrogens is 671 g/mol. The van der Waals surface area contributed by atoms with Gasteiger partial charge in [-0.2, -0.15) is 0 Å². The number of esters is 1. The average molecular weight is 756 g/mol. The van der Waals surface area contributed by atoms with Crippen LogP contribution in [0.1, 0.15) is 207 Å². The van der Waals surface area contributed by atoms with E-state index in [0.717, 1.165) is 70.6 Å². The van der Waals surface area contributed by atoms with Crippen molar-refractivity contribution < 1.29 is 24.5 Å². The summed E-state index contributed by atoms with van der Waals surface area (Å²) in [5.41, 5.74) is 0. The molecule has 0 aliphatic heterocycles. The van der Waals surface area contributed by atoms with Gasteiger partial charge in [0.25, 0.3) is 0 Å². The predicted molar refractivity (Wildman–Crippen MR) is 232 cm³/mol. The van der Waals surface area contributed by atoms with Gasteiger partial charge in [0.1, 0.15) is 6.10 Å². The van der Waals surface area contributed by atoms with Gasteiger partial charge < -0.3 is 20.3 Å². The van der Waals surface area contributed by atoms with Gasteiger partial charge in [0.2, 0.25) is 5.91 Å². The Morgan fingerprint density at radius 1 is 0.556 bits per heavy atom. The molecule has 6 heteroatoms. The van der Waals surface area contributed by atoms with Crippen molar-refractivity contribution in [2.24, 2.45) is 0 Å². The molecule has 0 aliphatic carbocycles. The van der Waals surface area contributed by atoms with Gasteiger partial charge in [0.15, 0.2) is 0 Å². The average Bonchev–Trinajstić information content (AvgIpc) is 3.16. The highest BCUT2D eigenvalue weighted by Crippen LogP contribution is 2.17. The Hall–Kier alpha value is -2.44. The zero-order chi connectivity index (χ0) is 39.6. The van der Waals surface area contributed by atoms with E-state index in [0.29, 0.717) is 19.3 Å². The van der Waals surface area contributed by atoms with Crippen molar-refractivity contribution in [2.75, 3.05) is 6.61 Å². The molecule has 0 fully saturated rings. The molecule has 0 saturated heterocycles. The van der Waals surface area contributed by atoms with Gasteiger partial charge in [-0.05, 0) is 57.8 Å². The number of unbranched alkanes of at least 4 members (excludes halogenated alkanes) is 17. The van der Waals surface area contributed by atoms with Gasteiger partial charge >= 0.3 is 5.97 Å². The number of aliphatic hydroxyl groups excluding tert-OH is 2. The summed E-state index contributed by atoms with van der Waals surface area (Å²) in [6.45, 7) is 6.29. The minimum absolute atomic E-state index is 0.0467. The van der Waals surface area contributed by atoms with E-state index in [1.807, 2.05) is 6.08 Å². The standard InChI is InChI=1S/C48H85NO5/c1-4-7-10-13-16-18-20-22-23-24-25-27-29-32-35-38-41-48(53)54-44(39-36-33-30-15-12-9-6-3)42-47(52)49-45(43-50)46(51)40-37-34-31-28-26-21-19-17-14-11-8-5-2/h7,10,16,18,22-23,25,27,32,35,44-46,50-51H,4-6,8-9,11-15,17,19-21,24,26,28-31,33-34,36-43H2,1-3H3,(H,49,52)/b10-7+,18-16+,23-22+,27-25+,35-32+. The fourth-order valence-electron chi connectivity index (χ4n) is 6.48. The maximum Gasteiger partial charge on any atom is 0.306 e. The molecule has 3 unspecified atom stereocenters. The molecule has 0 aromatic heterocycles. The van der Waals surface area contributed by atoms with Crippen molar-refractivity contribution in [3.63, 3.8) is 0 Å². The SMILES string of the molecule is CC/C=C/C/C=C/C/C=C/C/C=C/C/C=C/CCC(=O)OC(CCCCCCCCC)CC(=O)NC(CO)C(O)CCCCCCCCCCCCCC. The summed E-state index contributed by atoms with van der Waals surface area (Å²) in [7, 11) is 0. The highest BCUT2D eigenvalue weighted by Gasteiger charge is 2.24. The number of hydrogen-bond acceptors (Lipinski definition) is 5. The number of rotatable bonds is 39. The van der Waals surface area contributed by atoms with Crippen molar-refractivity contribution in [3.05, 3.63) is 60.8 Å². The molecule has 0 heterocycles. The normalized spacial score (nSPS) is 13.9. The molecule has 0 aromatic carbocycles. The second kappa shape index (κ2) is 41.7. The second-order valence-electron chi connectivity index (χ2n) is 15.1. The summed E-state index contributed by atoms with van der Waals surface area (Å²) in [5, 5.41) is 23.6. The maximum absolute atomic E-state index is 13.1. The lowest BCUT2D eigenvalue weighted by Crippen LogP contribution is -2.46. The van der Waals surface area contributed by atoms with E-state index in [-0.39, 0.29) is 31.3 Å². The number of amides is 1. The maximum atomic E-state index is 13.1. The van der Waals surface area contributed by atoms with Crippen LogP contribution in [-0.2, 0) is 14.3 Å². The van der Waals surface area contributed by atoms with Crippen LogP contribution in [0.25, 0.3) is 0 Å². The van der Waals surface area contributed by atoms with Crippen LogP contribution in [0.15, 0.2) is 60.8 Å². The minimum atomic E-state index is -0.797. The molecule has 312 valence electrons. The first-order chi connectivity index (χ1) is 26.5. The Morgan fingerprint density at radius 2 is 0.963 bits per heavy atom. The van der Waals surface area contributed by atoms with Gasteiger partial charge in [-0.15, -0.1) is 0 Å². The molecule has 0 aliphatic rings. The van der Waals surface area contributed by atoms with E-state index in [1.165, 1.54) is 83.5 Å². The molecule has 1 amide bonds. The molecule has 0 bridgehead atoms. The summed E-state index contributed by atoms with van der Waals surface area (Å²) in [6.07, 6.45) is 50.1. The van der Waals surface area contributed by atoms with E-state index in [9.17, 15) is 19.8 Å². The third kappa shape index (κ3) is 36.5. The first kappa shape index (κ1) is 51.6. The van der Waals surface area contributed by atoms with Crippen LogP contribution in [-0.4, -0.2) is 46.9 Å². The number of carbonyl (C=O) groups is 2. The zero-order valence-corrected chi connectivity index (χ0v) is 35.3. The fraction of sp³-hybridized carbons (Fsp3) is 0.750. The third-order valence-electron chi connectivity index (χ3n) is 9.87. The van der Waals surface area contributed by atoms with Gasteiger partial charge in [-0.1, -0.05) is 197 Å². The summed E-state index contributed by atoms with van der Waals surface area (Å²) in [4.78, 5) is 25.8. The first-order valence-electron chi connectivity index (χ1n) is 22.5. The smallest absolute Gasteiger partial charge is 0.306 e. The van der Waals surface area contributed by atoms with E-state index < -0.39 is 18.2 Å². The largest absolute Gasteiger partial charge is 0.462 e. The summed E-state index contributed by atoms with van der Waals surface area (Å²) in [5.74, 6) is -0.580. The van der Waals surface area contributed by atoms with E-state index in [4.69, 9.17) is 4.74 Å². The molecule has 6 nitrogen and oxygen atoms in total. The van der Waals surface area contributed by atoms with E-state index in [2.05, 4.69) is 80.8 Å². The Labute approximate surface area is 333 Å². The fourth-order valence-corrected chi connectivity index (χ4v) is 6.48. The monoisotopic (exact) mass is 756 g/mol. The van der Waals surface area contributed by atoms with Crippen molar-refractivity contribution in [1.29, 1.82) is 0 Å². The lowest BCUT2D eigenvalue weighted by molar-refractivity contribution is -0.150. The van der Waals surface area contributed by atoms with Crippen LogP contribution in [0.2, 0.25) is 0 Å². The molecule has 3 atom stereocenters. The third-order valence-corrected chi connectivity index (χ3v) is 9.87. The van der Waals surface area contributed by atoms with Crippen molar-refractivity contribution in [2.45, 2.75) is 225 Å². The van der Waals surface area contributed by atoms with Crippen LogP contribution in [0.5, 0.6) is 0 Å². The molecule has 0 aromatic rings. The van der Waals surface area contributed by atoms with Crippen LogP contribution in [0, 0.1) is 0 Å². The quantitative estimate of drug-likeness (QED) is 0.0330. The predicted octanol–water partition coefficient (Wildman–Crippen LogP) is 12.9. The number of aliphatic hydroxyl groups is 2. The summed E-state index contributed by atoms with van der Waals surface area (Å²) >= 11 is 0. The zero-order valence-electron chi connectivity index (χ0n) is 35.3. The Morgan fingerprint density at radius 3 is 1.41 bits per heavy atom. The Kier molecular flexibility index (Phi) is 39.8. The summed E-state index contributed by atoms with van der Waals surface area (Å²) in [6, 6.07) is -0.713. The first-order valence-corrected chi connectivity index (χ1v) is 22.5. The van der Waals surface area contributed by atoms with E-state index in [1.54, 1.807) is 0 Å². The number of ether oxygens (including phenoxy) is 1.